The number of sulfonamides is 1. The molecule has 0 aliphatic carbocycles. The van der Waals surface area contributed by atoms with Crippen LogP contribution in [0.25, 0.3) is 0 Å². The summed E-state index contributed by atoms with van der Waals surface area (Å²) in [4.78, 5) is 28.2. The van der Waals surface area contributed by atoms with E-state index in [0.717, 1.165) is 10.4 Å². The van der Waals surface area contributed by atoms with Gasteiger partial charge in [-0.1, -0.05) is 12.1 Å². The Kier molecular flexibility index (Phi) is 7.56. The predicted octanol–water partition coefficient (Wildman–Crippen LogP) is 1.55. The number of anilines is 1. The van der Waals surface area contributed by atoms with E-state index < -0.39 is 26.7 Å². The van der Waals surface area contributed by atoms with Gasteiger partial charge < -0.3 is 19.7 Å². The van der Waals surface area contributed by atoms with Gasteiger partial charge in [-0.05, 0) is 12.1 Å². The van der Waals surface area contributed by atoms with E-state index in [0.29, 0.717) is 24.8 Å². The number of carbonyl (C=O) groups is 1. The molecule has 1 saturated heterocycles. The number of hydrogen-bond donors (Lipinski definition) is 1. The zero-order valence-electron chi connectivity index (χ0n) is 17.3. The number of nitrogens with zero attached hydrogens (tertiary/aromatic N) is 4. The lowest BCUT2D eigenvalue weighted by molar-refractivity contribution is -0.387. The van der Waals surface area contributed by atoms with E-state index in [-0.39, 0.29) is 31.1 Å². The molecule has 0 atom stereocenters. The Morgan fingerprint density at radius 1 is 1.16 bits per heavy atom. The fourth-order valence-electron chi connectivity index (χ4n) is 3.07. The summed E-state index contributed by atoms with van der Waals surface area (Å²) in [6, 6.07) is 8.06. The minimum absolute atomic E-state index is 0.0202. The van der Waals surface area contributed by atoms with Gasteiger partial charge in [0, 0.05) is 45.4 Å². The maximum absolute atomic E-state index is 12.9. The molecule has 1 aromatic heterocycles. The van der Waals surface area contributed by atoms with Gasteiger partial charge in [0.1, 0.15) is 6.61 Å². The van der Waals surface area contributed by atoms with Gasteiger partial charge in [-0.25, -0.2) is 18.2 Å². The number of benzene rings is 1. The van der Waals surface area contributed by atoms with Crippen LogP contribution in [0, 0.1) is 10.1 Å². The molecule has 32 heavy (non-hydrogen) atoms. The fourth-order valence-corrected chi connectivity index (χ4v) is 4.65. The van der Waals surface area contributed by atoms with Crippen molar-refractivity contribution in [1.82, 2.24) is 14.2 Å². The summed E-state index contributed by atoms with van der Waals surface area (Å²) in [6.07, 6.45) is 1.45. The van der Waals surface area contributed by atoms with Crippen molar-refractivity contribution < 1.29 is 27.6 Å². The van der Waals surface area contributed by atoms with Crippen LogP contribution >= 0.6 is 0 Å². The Bertz CT molecular complexity index is 1050. The number of aromatic nitrogens is 1. The molecule has 1 aliphatic heterocycles. The van der Waals surface area contributed by atoms with Gasteiger partial charge in [-0.15, -0.1) is 0 Å². The van der Waals surface area contributed by atoms with Crippen molar-refractivity contribution in [3.8, 4) is 5.88 Å². The molecule has 13 heteroatoms. The number of methoxy groups -OCH3 is 1. The molecule has 0 unspecified atom stereocenters. The number of pyridine rings is 1. The number of urea groups is 1. The van der Waals surface area contributed by atoms with E-state index in [1.807, 2.05) is 0 Å². The summed E-state index contributed by atoms with van der Waals surface area (Å²) in [6.45, 7) is 1.10. The molecule has 0 radical (unpaired) electrons. The lowest BCUT2D eigenvalue weighted by Gasteiger charge is -2.33. The first-order chi connectivity index (χ1) is 15.3. The van der Waals surface area contributed by atoms with Gasteiger partial charge in [0.25, 0.3) is 5.69 Å². The highest BCUT2D eigenvalue weighted by molar-refractivity contribution is 7.89. The second-order valence-electron chi connectivity index (χ2n) is 6.77. The number of nitrogens with one attached hydrogen (secondary N) is 1. The highest BCUT2D eigenvalue weighted by Gasteiger charge is 2.34. The Morgan fingerprint density at radius 3 is 2.50 bits per heavy atom. The first kappa shape index (κ1) is 23.4. The molecule has 1 aromatic carbocycles. The first-order valence-electron chi connectivity index (χ1n) is 9.70. The summed E-state index contributed by atoms with van der Waals surface area (Å²) < 4.78 is 37.2. The Morgan fingerprint density at radius 2 is 1.88 bits per heavy atom. The topological polar surface area (TPSA) is 144 Å². The average molecular weight is 465 g/mol. The number of nitro groups is 1. The molecule has 0 spiro atoms. The SMILES string of the molecule is COCCOc1ccc(NC(=O)N2CCN(S(=O)(=O)c3ccccc3[N+](=O)[O-])CC2)cn1. The van der Waals surface area contributed by atoms with Crippen molar-refractivity contribution in [2.75, 3.05) is 51.8 Å². The normalized spacial score (nSPS) is 14.7. The van der Waals surface area contributed by atoms with Crippen LogP contribution in [0.15, 0.2) is 47.5 Å². The summed E-state index contributed by atoms with van der Waals surface area (Å²) in [5.74, 6) is 0.397. The van der Waals surface area contributed by atoms with Gasteiger partial charge in [0.2, 0.25) is 15.9 Å². The maximum atomic E-state index is 12.9. The van der Waals surface area contributed by atoms with Gasteiger partial charge in [-0.3, -0.25) is 10.1 Å². The van der Waals surface area contributed by atoms with Crippen LogP contribution < -0.4 is 10.1 Å². The van der Waals surface area contributed by atoms with Gasteiger partial charge >= 0.3 is 6.03 Å². The van der Waals surface area contributed by atoms with Crippen LogP contribution in [0.3, 0.4) is 0 Å². The monoisotopic (exact) mass is 465 g/mol. The molecule has 2 amide bonds. The van der Waals surface area contributed by atoms with Crippen LogP contribution in [-0.2, 0) is 14.8 Å². The number of hydrogen-bond acceptors (Lipinski definition) is 8. The van der Waals surface area contributed by atoms with Crippen LogP contribution in [0.2, 0.25) is 0 Å². The molecule has 2 aromatic rings. The summed E-state index contributed by atoms with van der Waals surface area (Å²) >= 11 is 0. The van der Waals surface area contributed by atoms with E-state index >= 15 is 0 Å². The van der Waals surface area contributed by atoms with Crippen LogP contribution in [0.5, 0.6) is 5.88 Å². The molecule has 2 heterocycles. The van der Waals surface area contributed by atoms with E-state index in [9.17, 15) is 23.3 Å². The van der Waals surface area contributed by atoms with Crippen LogP contribution in [0.1, 0.15) is 0 Å². The minimum atomic E-state index is -4.06. The molecule has 1 N–H and O–H groups in total. The average Bonchev–Trinajstić information content (AvgIpc) is 2.80. The van der Waals surface area contributed by atoms with Gasteiger partial charge in [-0.2, -0.15) is 4.31 Å². The zero-order valence-corrected chi connectivity index (χ0v) is 18.2. The molecular weight excluding hydrogens is 442 g/mol. The number of piperazine rings is 1. The van der Waals surface area contributed by atoms with E-state index in [4.69, 9.17) is 9.47 Å². The quantitative estimate of drug-likeness (QED) is 0.351. The largest absolute Gasteiger partial charge is 0.475 e. The molecule has 172 valence electrons. The minimum Gasteiger partial charge on any atom is -0.475 e. The van der Waals surface area contributed by atoms with Gasteiger partial charge in [0.15, 0.2) is 4.90 Å². The number of carbonyl (C=O) groups excluding carboxylic acids is 1. The third-order valence-electron chi connectivity index (χ3n) is 4.73. The second-order valence-corrected chi connectivity index (χ2v) is 8.68. The summed E-state index contributed by atoms with van der Waals surface area (Å²) in [5.41, 5.74) is -0.0149. The number of amides is 2. The standard InChI is InChI=1S/C19H23N5O7S/c1-30-12-13-31-18-7-6-15(14-20-18)21-19(25)22-8-10-23(11-9-22)32(28,29)17-5-3-2-4-16(17)24(26)27/h2-7,14H,8-13H2,1H3,(H,21,25). The van der Waals surface area contributed by atoms with Crippen molar-refractivity contribution in [2.24, 2.45) is 0 Å². The highest BCUT2D eigenvalue weighted by Crippen LogP contribution is 2.27. The zero-order chi connectivity index (χ0) is 23.1. The molecule has 0 saturated carbocycles. The Labute approximate surface area is 184 Å². The smallest absolute Gasteiger partial charge is 0.321 e. The van der Waals surface area contributed by atoms with Crippen molar-refractivity contribution in [3.63, 3.8) is 0 Å². The second kappa shape index (κ2) is 10.3. The number of rotatable bonds is 8. The summed E-state index contributed by atoms with van der Waals surface area (Å²) in [7, 11) is -2.49. The van der Waals surface area contributed by atoms with Gasteiger partial charge in [0.05, 0.1) is 23.4 Å². The van der Waals surface area contributed by atoms with E-state index in [1.165, 1.54) is 29.3 Å². The number of para-hydroxylation sites is 1. The molecule has 3 rings (SSSR count). The van der Waals surface area contributed by atoms with Crippen molar-refractivity contribution >= 4 is 27.4 Å². The lowest BCUT2D eigenvalue weighted by atomic mass is 10.3. The maximum Gasteiger partial charge on any atom is 0.321 e. The predicted molar refractivity (Wildman–Crippen MR) is 114 cm³/mol. The third kappa shape index (κ3) is 5.49. The number of nitro benzene ring substituents is 1. The Hall–Kier alpha value is -3.29. The fraction of sp³-hybridized carbons (Fsp3) is 0.368. The third-order valence-corrected chi connectivity index (χ3v) is 6.68. The number of ether oxygens (including phenoxy) is 2. The van der Waals surface area contributed by atoms with E-state index in [1.54, 1.807) is 19.2 Å². The lowest BCUT2D eigenvalue weighted by Crippen LogP contribution is -2.51. The summed E-state index contributed by atoms with van der Waals surface area (Å²) in [5, 5.41) is 13.9. The van der Waals surface area contributed by atoms with E-state index in [2.05, 4.69) is 10.3 Å². The van der Waals surface area contributed by atoms with Crippen molar-refractivity contribution in [3.05, 3.63) is 52.7 Å². The van der Waals surface area contributed by atoms with Crippen LogP contribution in [-0.4, -0.2) is 80.1 Å². The molecule has 12 nitrogen and oxygen atoms in total. The highest BCUT2D eigenvalue weighted by atomic mass is 32.2. The molecule has 0 bridgehead atoms. The molecule has 1 aliphatic rings. The molecular formula is C19H23N5O7S. The van der Waals surface area contributed by atoms with Crippen molar-refractivity contribution in [1.29, 1.82) is 0 Å². The van der Waals surface area contributed by atoms with Crippen LogP contribution in [0.4, 0.5) is 16.2 Å². The first-order valence-corrected chi connectivity index (χ1v) is 11.1. The molecule has 1 fully saturated rings. The van der Waals surface area contributed by atoms with Crippen molar-refractivity contribution in [2.45, 2.75) is 4.90 Å². The Balaban J connectivity index is 1.57.